The zero-order valence-electron chi connectivity index (χ0n) is 9.77. The number of aromatic nitrogens is 2. The van der Waals surface area contributed by atoms with Gasteiger partial charge in [-0.05, 0) is 36.2 Å². The summed E-state index contributed by atoms with van der Waals surface area (Å²) >= 11 is 0. The lowest BCUT2D eigenvalue weighted by Gasteiger charge is -2.10. The molecule has 5 heteroatoms. The van der Waals surface area contributed by atoms with Gasteiger partial charge >= 0.3 is 0 Å². The van der Waals surface area contributed by atoms with Crippen LogP contribution in [0.1, 0.15) is 23.1 Å². The fourth-order valence-corrected chi connectivity index (χ4v) is 1.57. The molecule has 0 bridgehead atoms. The number of aliphatic hydroxyl groups is 1. The monoisotopic (exact) mass is 250 g/mol. The van der Waals surface area contributed by atoms with Crippen molar-refractivity contribution in [2.75, 3.05) is 0 Å². The molecule has 0 radical (unpaired) electrons. The van der Waals surface area contributed by atoms with E-state index in [2.05, 4.69) is 9.97 Å². The van der Waals surface area contributed by atoms with Crippen molar-refractivity contribution in [2.45, 2.75) is 19.4 Å². The molecule has 0 fully saturated rings. The molecule has 1 unspecified atom stereocenters. The third-order valence-corrected chi connectivity index (χ3v) is 2.52. The largest absolute Gasteiger partial charge is 0.385 e. The Labute approximate surface area is 103 Å². The van der Waals surface area contributed by atoms with Crippen LogP contribution in [-0.2, 0) is 6.42 Å². The van der Waals surface area contributed by atoms with E-state index in [0.717, 1.165) is 23.8 Å². The molecular weight excluding hydrogens is 238 g/mol. The quantitative estimate of drug-likeness (QED) is 0.909. The highest BCUT2D eigenvalue weighted by Crippen LogP contribution is 2.18. The van der Waals surface area contributed by atoms with Crippen molar-refractivity contribution in [1.82, 2.24) is 9.97 Å². The van der Waals surface area contributed by atoms with Crippen molar-refractivity contribution in [2.24, 2.45) is 0 Å². The number of benzene rings is 1. The number of aryl methyl sites for hydroxylation is 1. The van der Waals surface area contributed by atoms with Gasteiger partial charge in [-0.15, -0.1) is 0 Å². The van der Waals surface area contributed by atoms with Crippen molar-refractivity contribution in [3.63, 3.8) is 0 Å². The van der Waals surface area contributed by atoms with Crippen LogP contribution < -0.4 is 0 Å². The second kappa shape index (κ2) is 5.18. The van der Waals surface area contributed by atoms with Crippen molar-refractivity contribution >= 4 is 0 Å². The normalized spacial score (nSPS) is 12.4. The summed E-state index contributed by atoms with van der Waals surface area (Å²) in [6.07, 6.45) is 2.01. The van der Waals surface area contributed by atoms with Crippen molar-refractivity contribution in [3.8, 4) is 0 Å². The Balaban J connectivity index is 2.18. The molecular formula is C13H12F2N2O. The van der Waals surface area contributed by atoms with E-state index in [-0.39, 0.29) is 17.8 Å². The minimum absolute atomic E-state index is 0.0628. The summed E-state index contributed by atoms with van der Waals surface area (Å²) in [5, 5.41) is 9.87. The maximum Gasteiger partial charge on any atom is 0.157 e. The van der Waals surface area contributed by atoms with E-state index in [1.807, 2.05) is 6.92 Å². The Bertz CT molecular complexity index is 543. The lowest BCUT2D eigenvalue weighted by atomic mass is 10.1. The van der Waals surface area contributed by atoms with Crippen LogP contribution in [0.2, 0.25) is 0 Å². The van der Waals surface area contributed by atoms with Crippen LogP contribution in [0.4, 0.5) is 8.78 Å². The molecule has 1 aromatic carbocycles. The maximum atomic E-state index is 13.4. The number of nitrogens with zero attached hydrogens (tertiary/aromatic N) is 2. The van der Waals surface area contributed by atoms with E-state index in [4.69, 9.17) is 0 Å². The predicted molar refractivity (Wildman–Crippen MR) is 61.8 cm³/mol. The van der Waals surface area contributed by atoms with E-state index in [1.54, 1.807) is 12.4 Å². The molecule has 1 aromatic heterocycles. The van der Waals surface area contributed by atoms with E-state index in [1.165, 1.54) is 0 Å². The molecule has 1 atom stereocenters. The van der Waals surface area contributed by atoms with Crippen molar-refractivity contribution < 1.29 is 13.9 Å². The predicted octanol–water partition coefficient (Wildman–Crippen LogP) is 2.34. The van der Waals surface area contributed by atoms with Gasteiger partial charge in [-0.1, -0.05) is 0 Å². The van der Waals surface area contributed by atoms with Crippen molar-refractivity contribution in [3.05, 3.63) is 59.2 Å². The smallest absolute Gasteiger partial charge is 0.157 e. The van der Waals surface area contributed by atoms with Crippen LogP contribution in [0, 0.1) is 18.6 Å². The third-order valence-electron chi connectivity index (χ3n) is 2.52. The Hall–Kier alpha value is -1.88. The molecule has 2 aromatic rings. The van der Waals surface area contributed by atoms with Gasteiger partial charge in [-0.25, -0.2) is 18.7 Å². The zero-order chi connectivity index (χ0) is 13.1. The Morgan fingerprint density at radius 1 is 1.22 bits per heavy atom. The van der Waals surface area contributed by atoms with Crippen LogP contribution in [0.25, 0.3) is 0 Å². The van der Waals surface area contributed by atoms with Gasteiger partial charge in [0.25, 0.3) is 0 Å². The van der Waals surface area contributed by atoms with Crippen LogP contribution in [-0.4, -0.2) is 15.1 Å². The van der Waals surface area contributed by atoms with E-state index in [0.29, 0.717) is 0 Å². The topological polar surface area (TPSA) is 46.0 Å². The maximum absolute atomic E-state index is 13.4. The van der Waals surface area contributed by atoms with Gasteiger partial charge in [0.05, 0.1) is 0 Å². The summed E-state index contributed by atoms with van der Waals surface area (Å²) in [6, 6.07) is 3.13. The summed E-state index contributed by atoms with van der Waals surface area (Å²) in [7, 11) is 0. The van der Waals surface area contributed by atoms with Gasteiger partial charge in [-0.2, -0.15) is 0 Å². The Morgan fingerprint density at radius 2 is 1.89 bits per heavy atom. The van der Waals surface area contributed by atoms with Crippen molar-refractivity contribution in [1.29, 1.82) is 0 Å². The first-order valence-electron chi connectivity index (χ1n) is 5.47. The summed E-state index contributed by atoms with van der Waals surface area (Å²) in [6.45, 7) is 1.82. The summed E-state index contributed by atoms with van der Waals surface area (Å²) < 4.78 is 26.4. The first-order chi connectivity index (χ1) is 8.56. The minimum atomic E-state index is -1.05. The highest BCUT2D eigenvalue weighted by molar-refractivity contribution is 5.20. The number of aliphatic hydroxyl groups excluding tert-OH is 1. The number of rotatable bonds is 3. The molecule has 0 saturated heterocycles. The summed E-state index contributed by atoms with van der Waals surface area (Å²) in [5.74, 6) is -0.893. The van der Waals surface area contributed by atoms with E-state index in [9.17, 15) is 13.9 Å². The summed E-state index contributed by atoms with van der Waals surface area (Å²) in [5.41, 5.74) is 0.967. The van der Waals surface area contributed by atoms with Crippen LogP contribution in [0.3, 0.4) is 0 Å². The van der Waals surface area contributed by atoms with Gasteiger partial charge in [0.1, 0.15) is 17.7 Å². The van der Waals surface area contributed by atoms with E-state index >= 15 is 0 Å². The molecule has 3 nitrogen and oxygen atoms in total. The molecule has 0 aliphatic heterocycles. The lowest BCUT2D eigenvalue weighted by molar-refractivity contribution is 0.167. The van der Waals surface area contributed by atoms with E-state index < -0.39 is 17.7 Å². The van der Waals surface area contributed by atoms with Gasteiger partial charge in [-0.3, -0.25) is 0 Å². The number of halogens is 2. The Morgan fingerprint density at radius 3 is 2.56 bits per heavy atom. The highest BCUT2D eigenvalue weighted by atomic mass is 19.1. The molecule has 0 aliphatic carbocycles. The van der Waals surface area contributed by atoms with Gasteiger partial charge in [0, 0.05) is 18.8 Å². The van der Waals surface area contributed by atoms with Crippen LogP contribution >= 0.6 is 0 Å². The molecule has 2 rings (SSSR count). The molecule has 0 spiro atoms. The molecule has 18 heavy (non-hydrogen) atoms. The average molecular weight is 250 g/mol. The molecule has 0 aliphatic rings. The molecule has 1 N–H and O–H groups in total. The van der Waals surface area contributed by atoms with Gasteiger partial charge < -0.3 is 5.11 Å². The number of hydrogen-bond donors (Lipinski definition) is 1. The van der Waals surface area contributed by atoms with Crippen LogP contribution in [0.5, 0.6) is 0 Å². The minimum Gasteiger partial charge on any atom is -0.385 e. The second-order valence-corrected chi connectivity index (χ2v) is 4.07. The fourth-order valence-electron chi connectivity index (χ4n) is 1.57. The zero-order valence-corrected chi connectivity index (χ0v) is 9.77. The molecule has 0 saturated carbocycles. The molecule has 94 valence electrons. The average Bonchev–Trinajstić information content (AvgIpc) is 2.34. The first-order valence-corrected chi connectivity index (χ1v) is 5.47. The fraction of sp³-hybridized carbons (Fsp3) is 0.231. The number of hydrogen-bond acceptors (Lipinski definition) is 3. The Kier molecular flexibility index (Phi) is 3.62. The lowest BCUT2D eigenvalue weighted by Crippen LogP contribution is -2.08. The summed E-state index contributed by atoms with van der Waals surface area (Å²) in [4.78, 5) is 7.90. The molecule has 1 heterocycles. The SMILES string of the molecule is Cc1cnc(C(O)Cc2cc(F)ccc2F)nc1. The standard InChI is InChI=1S/C13H12F2N2O/c1-8-6-16-13(17-7-8)12(18)5-9-4-10(14)2-3-11(9)15/h2-4,6-7,12,18H,5H2,1H3. The second-order valence-electron chi connectivity index (χ2n) is 4.07. The van der Waals surface area contributed by atoms with Gasteiger partial charge in [0.2, 0.25) is 0 Å². The molecule has 0 amide bonds. The van der Waals surface area contributed by atoms with Crippen LogP contribution in [0.15, 0.2) is 30.6 Å². The third kappa shape index (κ3) is 2.87. The highest BCUT2D eigenvalue weighted by Gasteiger charge is 2.14. The first kappa shape index (κ1) is 12.6. The van der Waals surface area contributed by atoms with Gasteiger partial charge in [0.15, 0.2) is 5.82 Å².